The van der Waals surface area contributed by atoms with Crippen molar-refractivity contribution < 1.29 is 49.0 Å². The quantitative estimate of drug-likeness (QED) is 0.145. The molecule has 1 amide bonds. The Hall–Kier alpha value is -3.86. The van der Waals surface area contributed by atoms with Crippen molar-refractivity contribution in [1.29, 1.82) is 0 Å². The Morgan fingerprint density at radius 3 is 2.45 bits per heavy atom. The zero-order chi connectivity index (χ0) is 27.6. The fourth-order valence-electron chi connectivity index (χ4n) is 4.08. The summed E-state index contributed by atoms with van der Waals surface area (Å²) >= 11 is 0. The summed E-state index contributed by atoms with van der Waals surface area (Å²) in [5.41, 5.74) is 3.84. The van der Waals surface area contributed by atoms with Crippen molar-refractivity contribution in [1.82, 2.24) is 9.55 Å². The highest BCUT2D eigenvalue weighted by molar-refractivity contribution is 5.88. The van der Waals surface area contributed by atoms with Crippen molar-refractivity contribution in [3.8, 4) is 5.75 Å². The summed E-state index contributed by atoms with van der Waals surface area (Å²) in [6.45, 7) is -0.751. The molecule has 15 nitrogen and oxygen atoms in total. The summed E-state index contributed by atoms with van der Waals surface area (Å²) in [6.07, 6.45) is -9.74. The second kappa shape index (κ2) is 11.3. The summed E-state index contributed by atoms with van der Waals surface area (Å²) in [7, 11) is 0. The third-order valence-corrected chi connectivity index (χ3v) is 5.99. The lowest BCUT2D eigenvalue weighted by Crippen LogP contribution is -2.52. The van der Waals surface area contributed by atoms with Crippen LogP contribution in [0.25, 0.3) is 0 Å². The number of ether oxygens (including phenoxy) is 4. The molecule has 0 spiro atoms. The van der Waals surface area contributed by atoms with Gasteiger partial charge >= 0.3 is 11.7 Å². The molecule has 0 bridgehead atoms. The first-order valence-corrected chi connectivity index (χ1v) is 11.3. The number of hydrogen-bond donors (Lipinski definition) is 6. The molecule has 3 heterocycles. The number of para-hydroxylation sites is 1. The van der Waals surface area contributed by atoms with Crippen LogP contribution in [-0.4, -0.2) is 85.3 Å². The topological polar surface area (TPSA) is 233 Å². The number of amides is 1. The number of rotatable bonds is 8. The molecule has 1 fully saturated rings. The van der Waals surface area contributed by atoms with E-state index in [4.69, 9.17) is 24.7 Å². The van der Waals surface area contributed by atoms with E-state index in [1.54, 1.807) is 18.2 Å². The Labute approximate surface area is 213 Å². The number of nitrogens with zero attached hydrogens (tertiary/aromatic N) is 1. The number of esters is 1. The predicted octanol–water partition coefficient (Wildman–Crippen LogP) is -3.16. The van der Waals surface area contributed by atoms with Gasteiger partial charge in [0, 0.05) is 18.2 Å². The number of nitrogens with one attached hydrogen (secondary N) is 1. The highest BCUT2D eigenvalue weighted by atomic mass is 16.7. The number of benzene rings is 1. The van der Waals surface area contributed by atoms with Gasteiger partial charge in [0.05, 0.1) is 6.61 Å². The molecule has 0 saturated carbocycles. The molecular weight excluding hydrogens is 510 g/mol. The number of aromatic nitrogens is 2. The standard InChI is InChI=1S/C23H25N3O12/c24-19(32)18(17-11(9-27)15(30)20(37-17)26-7-6-14(29)25-23(26)34)38-22-16(31)12(28)8-13(36-22)21(33)35-10-4-2-1-3-5-10/h1-8,11-12,15-18,20,22,27-28,30-31H,9H2,(H2,24,32)(H,25,29,34)/t11-,12-,15+,16-,17-,18+,20+,22+/m0/s1. The van der Waals surface area contributed by atoms with Crippen LogP contribution in [0.4, 0.5) is 0 Å². The smallest absolute Gasteiger partial charge is 0.378 e. The Morgan fingerprint density at radius 2 is 1.82 bits per heavy atom. The van der Waals surface area contributed by atoms with Gasteiger partial charge in [-0.1, -0.05) is 18.2 Å². The lowest BCUT2D eigenvalue weighted by molar-refractivity contribution is -0.240. The van der Waals surface area contributed by atoms with Gasteiger partial charge in [-0.25, -0.2) is 9.59 Å². The van der Waals surface area contributed by atoms with E-state index in [1.807, 2.05) is 4.98 Å². The Bertz CT molecular complexity index is 1310. The monoisotopic (exact) mass is 535 g/mol. The molecule has 1 aromatic heterocycles. The van der Waals surface area contributed by atoms with Crippen molar-refractivity contribution in [3.63, 3.8) is 0 Å². The number of aliphatic hydroxyl groups excluding tert-OH is 4. The molecule has 38 heavy (non-hydrogen) atoms. The highest BCUT2D eigenvalue weighted by Crippen LogP contribution is 2.36. The van der Waals surface area contributed by atoms with E-state index >= 15 is 0 Å². The van der Waals surface area contributed by atoms with E-state index in [1.165, 1.54) is 12.1 Å². The van der Waals surface area contributed by atoms with Crippen molar-refractivity contribution in [3.05, 3.63) is 75.3 Å². The van der Waals surface area contributed by atoms with Crippen LogP contribution >= 0.6 is 0 Å². The summed E-state index contributed by atoms with van der Waals surface area (Å²) in [5, 5.41) is 41.2. The molecule has 1 aromatic carbocycles. The first-order valence-electron chi connectivity index (χ1n) is 11.3. The first-order chi connectivity index (χ1) is 18.1. The summed E-state index contributed by atoms with van der Waals surface area (Å²) in [4.78, 5) is 50.5. The van der Waals surface area contributed by atoms with Gasteiger partial charge in [-0.2, -0.15) is 0 Å². The Morgan fingerprint density at radius 1 is 1.11 bits per heavy atom. The van der Waals surface area contributed by atoms with E-state index in [9.17, 15) is 39.6 Å². The minimum atomic E-state index is -1.85. The number of H-pyrrole nitrogens is 1. The summed E-state index contributed by atoms with van der Waals surface area (Å²) in [5.74, 6) is -3.82. The van der Waals surface area contributed by atoms with Crippen LogP contribution in [0.2, 0.25) is 0 Å². The van der Waals surface area contributed by atoms with E-state index in [2.05, 4.69) is 0 Å². The van der Waals surface area contributed by atoms with Crippen molar-refractivity contribution >= 4 is 11.9 Å². The fourth-order valence-corrected chi connectivity index (χ4v) is 4.08. The molecule has 2 aliphatic rings. The molecule has 0 radical (unpaired) electrons. The maximum atomic E-state index is 12.5. The lowest BCUT2D eigenvalue weighted by atomic mass is 9.94. The second-order valence-electron chi connectivity index (χ2n) is 8.51. The fraction of sp³-hybridized carbons (Fsp3) is 0.391. The molecule has 7 N–H and O–H groups in total. The molecule has 0 unspecified atom stereocenters. The van der Waals surface area contributed by atoms with Crippen LogP contribution in [0.1, 0.15) is 6.23 Å². The number of aliphatic hydroxyl groups is 4. The van der Waals surface area contributed by atoms with Crippen molar-refractivity contribution in [2.75, 3.05) is 6.61 Å². The maximum Gasteiger partial charge on any atom is 0.378 e. The Kier molecular flexibility index (Phi) is 8.05. The number of carbonyl (C=O) groups is 2. The van der Waals surface area contributed by atoms with E-state index in [-0.39, 0.29) is 5.75 Å². The van der Waals surface area contributed by atoms with Crippen molar-refractivity contribution in [2.45, 2.75) is 43.0 Å². The maximum absolute atomic E-state index is 12.5. The first kappa shape index (κ1) is 27.2. The van der Waals surface area contributed by atoms with Crippen LogP contribution in [0.5, 0.6) is 5.75 Å². The normalized spacial score (nSPS) is 29.7. The van der Waals surface area contributed by atoms with Crippen LogP contribution < -0.4 is 21.7 Å². The minimum absolute atomic E-state index is 0.165. The third-order valence-electron chi connectivity index (χ3n) is 5.99. The average molecular weight is 535 g/mol. The van der Waals surface area contributed by atoms with E-state index in [0.29, 0.717) is 0 Å². The van der Waals surface area contributed by atoms with Gasteiger partial charge in [-0.15, -0.1) is 0 Å². The molecule has 15 heteroatoms. The van der Waals surface area contributed by atoms with Gasteiger partial charge in [-0.3, -0.25) is 19.1 Å². The molecule has 8 atom stereocenters. The van der Waals surface area contributed by atoms with Gasteiger partial charge in [0.2, 0.25) is 18.0 Å². The van der Waals surface area contributed by atoms with Crippen molar-refractivity contribution in [2.24, 2.45) is 11.7 Å². The number of carbonyl (C=O) groups excluding carboxylic acids is 2. The molecule has 0 aliphatic carbocycles. The number of aromatic amines is 1. The summed E-state index contributed by atoms with van der Waals surface area (Å²) in [6, 6.07) is 8.90. The molecule has 2 aliphatic heterocycles. The van der Waals surface area contributed by atoms with Crippen LogP contribution in [-0.2, 0) is 23.8 Å². The van der Waals surface area contributed by atoms with Crippen LogP contribution in [0.15, 0.2) is 64.0 Å². The SMILES string of the molecule is NC(=O)[C@H](O[C@H]1OC(C(=O)Oc2ccccc2)=C[C@H](O)[C@@H]1O)[C@H]1O[C@@H](n2ccc(=O)[nH]c2=O)[C@H](O)[C@@H]1CO. The lowest BCUT2D eigenvalue weighted by Gasteiger charge is -2.34. The zero-order valence-corrected chi connectivity index (χ0v) is 19.5. The summed E-state index contributed by atoms with van der Waals surface area (Å²) < 4.78 is 22.5. The van der Waals surface area contributed by atoms with Gasteiger partial charge < -0.3 is 45.1 Å². The van der Waals surface area contributed by atoms with Gasteiger partial charge in [-0.05, 0) is 18.2 Å². The van der Waals surface area contributed by atoms with Gasteiger partial charge in [0.15, 0.2) is 12.3 Å². The largest absolute Gasteiger partial charge is 0.455 e. The average Bonchev–Trinajstić information content (AvgIpc) is 3.20. The minimum Gasteiger partial charge on any atom is -0.455 e. The molecule has 4 rings (SSSR count). The van der Waals surface area contributed by atoms with Gasteiger partial charge in [0.25, 0.3) is 5.56 Å². The third kappa shape index (κ3) is 5.52. The molecule has 204 valence electrons. The van der Waals surface area contributed by atoms with Crippen LogP contribution in [0.3, 0.4) is 0 Å². The predicted molar refractivity (Wildman–Crippen MR) is 123 cm³/mol. The van der Waals surface area contributed by atoms with E-state index in [0.717, 1.165) is 22.9 Å². The molecule has 1 saturated heterocycles. The van der Waals surface area contributed by atoms with Gasteiger partial charge in [0.1, 0.15) is 30.2 Å². The van der Waals surface area contributed by atoms with E-state index < -0.39 is 84.4 Å². The number of primary amides is 1. The van der Waals surface area contributed by atoms with Crippen LogP contribution in [0, 0.1) is 5.92 Å². The number of hydrogen-bond acceptors (Lipinski definition) is 12. The second-order valence-corrected chi connectivity index (χ2v) is 8.51. The highest BCUT2D eigenvalue weighted by Gasteiger charge is 2.51. The number of nitrogens with two attached hydrogens (primary N) is 1. The zero-order valence-electron chi connectivity index (χ0n) is 19.5. The molecular formula is C23H25N3O12. The molecule has 2 aromatic rings. The Balaban J connectivity index is 1.55.